The Balaban J connectivity index is 1.40. The Morgan fingerprint density at radius 3 is 2.17 bits per heavy atom. The molecular formula is C35H34N4O2S. The van der Waals surface area contributed by atoms with E-state index in [1.165, 1.54) is 33.8 Å². The van der Waals surface area contributed by atoms with Crippen LogP contribution in [0.5, 0.6) is 17.2 Å². The fourth-order valence-corrected chi connectivity index (χ4v) is 6.19. The smallest absolute Gasteiger partial charge is 0.174 e. The van der Waals surface area contributed by atoms with Gasteiger partial charge in [0.1, 0.15) is 17.2 Å². The first-order valence-electron chi connectivity index (χ1n) is 14.0. The summed E-state index contributed by atoms with van der Waals surface area (Å²) < 4.78 is 13.7. The predicted molar refractivity (Wildman–Crippen MR) is 172 cm³/mol. The number of aromatic nitrogens is 2. The first-order chi connectivity index (χ1) is 20.4. The van der Waals surface area contributed by atoms with Crippen LogP contribution in [0, 0.1) is 27.7 Å². The second kappa shape index (κ2) is 11.3. The van der Waals surface area contributed by atoms with Crippen molar-refractivity contribution in [1.82, 2.24) is 14.9 Å². The molecule has 6 nitrogen and oxygen atoms in total. The van der Waals surface area contributed by atoms with Gasteiger partial charge >= 0.3 is 0 Å². The highest BCUT2D eigenvalue weighted by molar-refractivity contribution is 7.80. The number of nitrogens with one attached hydrogen (secondary N) is 1. The van der Waals surface area contributed by atoms with Crippen LogP contribution in [0.3, 0.4) is 0 Å². The average molecular weight is 575 g/mol. The molecule has 42 heavy (non-hydrogen) atoms. The molecule has 0 saturated carbocycles. The predicted octanol–water partition coefficient (Wildman–Crippen LogP) is 8.08. The number of ether oxygens (including phenoxy) is 2. The second-order valence-corrected chi connectivity index (χ2v) is 11.0. The largest absolute Gasteiger partial charge is 0.497 e. The fourth-order valence-electron chi connectivity index (χ4n) is 5.84. The lowest BCUT2D eigenvalue weighted by atomic mass is 9.96. The van der Waals surface area contributed by atoms with Gasteiger partial charge in [-0.1, -0.05) is 18.2 Å². The van der Waals surface area contributed by atoms with Crippen LogP contribution in [0.4, 0.5) is 5.69 Å². The van der Waals surface area contributed by atoms with Gasteiger partial charge in [0.2, 0.25) is 0 Å². The number of nitrogens with zero attached hydrogens (tertiary/aromatic N) is 3. The highest BCUT2D eigenvalue weighted by Crippen LogP contribution is 2.44. The average Bonchev–Trinajstić information content (AvgIpc) is 3.50. The Bertz CT molecular complexity index is 1730. The van der Waals surface area contributed by atoms with E-state index >= 15 is 0 Å². The molecule has 1 aliphatic rings. The van der Waals surface area contributed by atoms with E-state index in [2.05, 4.69) is 84.9 Å². The molecule has 2 atom stereocenters. The summed E-state index contributed by atoms with van der Waals surface area (Å²) in [7, 11) is 1.65. The van der Waals surface area contributed by atoms with Gasteiger partial charge in [0.25, 0.3) is 0 Å². The number of rotatable bonds is 7. The monoisotopic (exact) mass is 574 g/mol. The summed E-state index contributed by atoms with van der Waals surface area (Å²) in [6.07, 6.45) is 1.84. The zero-order valence-electron chi connectivity index (χ0n) is 24.5. The number of anilines is 1. The van der Waals surface area contributed by atoms with Crippen LogP contribution in [0.2, 0.25) is 0 Å². The summed E-state index contributed by atoms with van der Waals surface area (Å²) in [6, 6.07) is 30.2. The molecule has 0 unspecified atom stereocenters. The summed E-state index contributed by atoms with van der Waals surface area (Å²) >= 11 is 5.99. The molecule has 3 aromatic carbocycles. The molecule has 0 amide bonds. The first-order valence-corrected chi connectivity index (χ1v) is 14.4. The van der Waals surface area contributed by atoms with Crippen molar-refractivity contribution in [2.75, 3.05) is 12.0 Å². The van der Waals surface area contributed by atoms with E-state index in [0.717, 1.165) is 28.6 Å². The van der Waals surface area contributed by atoms with Gasteiger partial charge in [0.05, 0.1) is 24.9 Å². The third-order valence-corrected chi connectivity index (χ3v) is 8.43. The van der Waals surface area contributed by atoms with Crippen LogP contribution in [-0.2, 0) is 0 Å². The van der Waals surface area contributed by atoms with Gasteiger partial charge in [0.15, 0.2) is 5.11 Å². The van der Waals surface area contributed by atoms with Crippen molar-refractivity contribution in [2.45, 2.75) is 39.8 Å². The van der Waals surface area contributed by atoms with Crippen LogP contribution in [0.1, 0.15) is 45.9 Å². The Morgan fingerprint density at radius 2 is 1.50 bits per heavy atom. The highest BCUT2D eigenvalue weighted by atomic mass is 32.1. The van der Waals surface area contributed by atoms with E-state index in [9.17, 15) is 0 Å². The molecule has 0 aliphatic carbocycles. The van der Waals surface area contributed by atoms with Gasteiger partial charge < -0.3 is 24.3 Å². The Kier molecular flexibility index (Phi) is 7.43. The van der Waals surface area contributed by atoms with E-state index in [1.807, 2.05) is 54.7 Å². The number of hydrogen-bond donors (Lipinski definition) is 1. The van der Waals surface area contributed by atoms with Crippen molar-refractivity contribution in [3.8, 4) is 22.9 Å². The molecule has 0 bridgehead atoms. The van der Waals surface area contributed by atoms with Crippen LogP contribution in [0.25, 0.3) is 5.69 Å². The number of benzene rings is 3. The van der Waals surface area contributed by atoms with E-state index in [-0.39, 0.29) is 12.1 Å². The van der Waals surface area contributed by atoms with Crippen molar-refractivity contribution < 1.29 is 9.47 Å². The van der Waals surface area contributed by atoms with Crippen molar-refractivity contribution in [2.24, 2.45) is 0 Å². The van der Waals surface area contributed by atoms with Crippen LogP contribution in [0.15, 0.2) is 97.2 Å². The molecule has 1 aliphatic heterocycles. The third-order valence-electron chi connectivity index (χ3n) is 8.11. The van der Waals surface area contributed by atoms with Gasteiger partial charge in [-0.25, -0.2) is 0 Å². The van der Waals surface area contributed by atoms with Crippen molar-refractivity contribution in [1.29, 1.82) is 0 Å². The Labute approximate surface area is 252 Å². The van der Waals surface area contributed by atoms with Crippen molar-refractivity contribution >= 4 is 23.0 Å². The lowest BCUT2D eigenvalue weighted by Crippen LogP contribution is -2.29. The lowest BCUT2D eigenvalue weighted by molar-refractivity contribution is 0.413. The molecule has 6 rings (SSSR count). The number of methoxy groups -OCH3 is 1. The SMILES string of the molecule is COc1ccc(Oc2ccc(N3C(=S)N[C@H](c4ccccn4)[C@H]3c3cc(C)n(-c4cccc(C)c4C)c3C)cc2)cc1. The number of aryl methyl sites for hydroxylation is 2. The normalized spacial score (nSPS) is 16.4. The zero-order valence-corrected chi connectivity index (χ0v) is 25.3. The molecule has 2 aromatic heterocycles. The quantitative estimate of drug-likeness (QED) is 0.198. The zero-order chi connectivity index (χ0) is 29.4. The number of thiocarbonyl (C=S) groups is 1. The molecular weight excluding hydrogens is 540 g/mol. The summed E-state index contributed by atoms with van der Waals surface area (Å²) in [4.78, 5) is 6.94. The van der Waals surface area contributed by atoms with Crippen molar-refractivity contribution in [3.63, 3.8) is 0 Å². The summed E-state index contributed by atoms with van der Waals surface area (Å²) in [6.45, 7) is 8.72. The van der Waals surface area contributed by atoms with Gasteiger partial charge in [-0.3, -0.25) is 4.98 Å². The van der Waals surface area contributed by atoms with Crippen LogP contribution >= 0.6 is 12.2 Å². The molecule has 212 valence electrons. The minimum atomic E-state index is -0.124. The second-order valence-electron chi connectivity index (χ2n) is 10.6. The fraction of sp³-hybridized carbons (Fsp3) is 0.200. The molecule has 1 fully saturated rings. The summed E-state index contributed by atoms with van der Waals surface area (Å²) in [5.41, 5.74) is 9.24. The highest BCUT2D eigenvalue weighted by Gasteiger charge is 2.42. The van der Waals surface area contributed by atoms with Gasteiger partial charge in [-0.05, 0) is 129 Å². The molecule has 3 heterocycles. The van der Waals surface area contributed by atoms with Gasteiger partial charge in [0, 0.05) is 29.0 Å². The molecule has 1 saturated heterocycles. The molecule has 0 radical (unpaired) electrons. The minimum absolute atomic E-state index is 0.106. The lowest BCUT2D eigenvalue weighted by Gasteiger charge is -2.28. The maximum absolute atomic E-state index is 6.10. The summed E-state index contributed by atoms with van der Waals surface area (Å²) in [5, 5.41) is 4.25. The molecule has 1 N–H and O–H groups in total. The number of pyridine rings is 1. The Hall–Kier alpha value is -4.62. The topological polar surface area (TPSA) is 51.6 Å². The maximum Gasteiger partial charge on any atom is 0.174 e. The number of hydrogen-bond acceptors (Lipinski definition) is 4. The van der Waals surface area contributed by atoms with E-state index in [1.54, 1.807) is 7.11 Å². The van der Waals surface area contributed by atoms with E-state index in [4.69, 9.17) is 26.7 Å². The van der Waals surface area contributed by atoms with E-state index < -0.39 is 0 Å². The van der Waals surface area contributed by atoms with Crippen molar-refractivity contribution in [3.05, 3.63) is 131 Å². The first kappa shape index (κ1) is 27.5. The molecule has 7 heteroatoms. The van der Waals surface area contributed by atoms with Gasteiger partial charge in [-0.15, -0.1) is 0 Å². The molecule has 5 aromatic rings. The summed E-state index contributed by atoms with van der Waals surface area (Å²) in [5.74, 6) is 2.28. The maximum atomic E-state index is 6.10. The van der Waals surface area contributed by atoms with Crippen LogP contribution in [-0.4, -0.2) is 21.8 Å². The van der Waals surface area contributed by atoms with E-state index in [0.29, 0.717) is 5.11 Å². The minimum Gasteiger partial charge on any atom is -0.497 e. The standard InChI is InChI=1S/C35H34N4O2S/c1-22-9-8-11-32(24(22)3)38-23(2)21-30(25(38)4)34-33(31-10-6-7-20-36-31)37-35(42)39(34)26-12-14-28(15-13-26)41-29-18-16-27(40-5)17-19-29/h6-21,33-34H,1-5H3,(H,37,42)/t33-,34-/m1/s1. The third kappa shape index (κ3) is 5.01. The van der Waals surface area contributed by atoms with Crippen LogP contribution < -0.4 is 19.7 Å². The Morgan fingerprint density at radius 1 is 0.810 bits per heavy atom. The molecule has 0 spiro atoms. The van der Waals surface area contributed by atoms with Gasteiger partial charge in [-0.2, -0.15) is 0 Å².